The molecule has 0 bridgehead atoms. The maximum atomic E-state index is 13.2. The second-order valence-electron chi connectivity index (χ2n) is 9.20. The Kier molecular flexibility index (Phi) is 6.40. The Bertz CT molecular complexity index is 729. The van der Waals surface area contributed by atoms with Crippen LogP contribution in [0.15, 0.2) is 12.7 Å². The van der Waals surface area contributed by atoms with Gasteiger partial charge in [0.15, 0.2) is 5.69 Å². The van der Waals surface area contributed by atoms with Gasteiger partial charge in [0, 0.05) is 36.9 Å². The fourth-order valence-corrected chi connectivity index (χ4v) is 5.27. The van der Waals surface area contributed by atoms with Gasteiger partial charge in [-0.3, -0.25) is 9.48 Å². The van der Waals surface area contributed by atoms with Crippen molar-refractivity contribution >= 4 is 5.91 Å². The zero-order valence-electron chi connectivity index (χ0n) is 17.7. The molecule has 1 atom stereocenters. The Balaban J connectivity index is 1.49. The molecule has 3 aliphatic rings. The number of hydrogen-bond donors (Lipinski definition) is 2. The number of amides is 1. The van der Waals surface area contributed by atoms with Crippen molar-refractivity contribution in [2.45, 2.75) is 88.8 Å². The summed E-state index contributed by atoms with van der Waals surface area (Å²) in [5, 5.41) is 19.2. The lowest BCUT2D eigenvalue weighted by Gasteiger charge is -2.35. The smallest absolute Gasteiger partial charge is 0.274 e. The Labute approximate surface area is 174 Å². The van der Waals surface area contributed by atoms with Crippen molar-refractivity contribution in [3.8, 4) is 0 Å². The van der Waals surface area contributed by atoms with Crippen LogP contribution >= 0.6 is 0 Å². The number of aliphatic hydroxyl groups is 1. The fourth-order valence-electron chi connectivity index (χ4n) is 5.27. The standard InChI is InChI=1S/C23H36N4O2/c1-2-13-27-20-10-9-18(24-17-23(29)11-5-3-6-12-23)16-19(20)21(25-27)22(28)26-14-7-4-8-15-26/h2,18,24,29H,1,3-17H2/t18-/m1/s1. The number of carbonyl (C=O) groups excluding carboxylic acids is 1. The molecule has 1 amide bonds. The number of fused-ring (bicyclic) bond motifs is 1. The Morgan fingerprint density at radius 2 is 1.93 bits per heavy atom. The van der Waals surface area contributed by atoms with Crippen LogP contribution in [-0.2, 0) is 19.4 Å². The van der Waals surface area contributed by atoms with Gasteiger partial charge in [-0.25, -0.2) is 0 Å². The van der Waals surface area contributed by atoms with Crippen LogP contribution in [0.3, 0.4) is 0 Å². The lowest BCUT2D eigenvalue weighted by molar-refractivity contribution is 0.00227. The molecule has 2 heterocycles. The van der Waals surface area contributed by atoms with E-state index >= 15 is 0 Å². The number of nitrogens with one attached hydrogen (secondary N) is 1. The minimum atomic E-state index is -0.558. The van der Waals surface area contributed by atoms with Crippen LogP contribution in [0, 0.1) is 0 Å². The summed E-state index contributed by atoms with van der Waals surface area (Å²) < 4.78 is 1.98. The second-order valence-corrected chi connectivity index (χ2v) is 9.20. The van der Waals surface area contributed by atoms with E-state index in [1.54, 1.807) is 0 Å². The highest BCUT2D eigenvalue weighted by molar-refractivity contribution is 5.94. The molecule has 1 saturated heterocycles. The monoisotopic (exact) mass is 400 g/mol. The van der Waals surface area contributed by atoms with Gasteiger partial charge in [0.25, 0.3) is 5.91 Å². The molecule has 1 aromatic heterocycles. The van der Waals surface area contributed by atoms with Crippen molar-refractivity contribution in [2.75, 3.05) is 19.6 Å². The zero-order chi connectivity index (χ0) is 20.3. The lowest BCUT2D eigenvalue weighted by atomic mass is 9.84. The van der Waals surface area contributed by atoms with Crippen molar-refractivity contribution in [3.63, 3.8) is 0 Å². The molecule has 0 radical (unpaired) electrons. The van der Waals surface area contributed by atoms with Gasteiger partial charge in [-0.1, -0.05) is 25.3 Å². The quantitative estimate of drug-likeness (QED) is 0.721. The third-order valence-electron chi connectivity index (χ3n) is 7.00. The summed E-state index contributed by atoms with van der Waals surface area (Å²) in [5.41, 5.74) is 2.39. The van der Waals surface area contributed by atoms with Gasteiger partial charge in [0.1, 0.15) is 0 Å². The molecule has 2 aliphatic carbocycles. The minimum absolute atomic E-state index is 0.0929. The van der Waals surface area contributed by atoms with Crippen LogP contribution in [0.25, 0.3) is 0 Å². The van der Waals surface area contributed by atoms with E-state index in [-0.39, 0.29) is 5.91 Å². The van der Waals surface area contributed by atoms with E-state index in [9.17, 15) is 9.90 Å². The molecule has 0 aromatic carbocycles. The first-order chi connectivity index (χ1) is 14.1. The first-order valence-electron chi connectivity index (χ1n) is 11.5. The summed E-state index contributed by atoms with van der Waals surface area (Å²) in [5.74, 6) is 0.0929. The van der Waals surface area contributed by atoms with Gasteiger partial charge in [-0.05, 0) is 51.4 Å². The fraction of sp³-hybridized carbons (Fsp3) is 0.739. The summed E-state index contributed by atoms with van der Waals surface area (Å²) in [4.78, 5) is 15.2. The minimum Gasteiger partial charge on any atom is -0.389 e. The highest BCUT2D eigenvalue weighted by atomic mass is 16.3. The third-order valence-corrected chi connectivity index (χ3v) is 7.00. The normalized spacial score (nSPS) is 24.2. The van der Waals surface area contributed by atoms with Gasteiger partial charge in [-0.2, -0.15) is 5.10 Å². The Hall–Kier alpha value is -1.66. The number of allylic oxidation sites excluding steroid dienone is 1. The summed E-state index contributed by atoms with van der Waals surface area (Å²) >= 11 is 0. The van der Waals surface area contributed by atoms with Gasteiger partial charge in [0.2, 0.25) is 0 Å². The number of carbonyl (C=O) groups is 1. The predicted octanol–water partition coefficient (Wildman–Crippen LogP) is 2.84. The van der Waals surface area contributed by atoms with Crippen LogP contribution in [0.1, 0.15) is 79.5 Å². The van der Waals surface area contributed by atoms with Gasteiger partial charge < -0.3 is 15.3 Å². The van der Waals surface area contributed by atoms with Gasteiger partial charge in [-0.15, -0.1) is 6.58 Å². The molecule has 0 spiro atoms. The van der Waals surface area contributed by atoms with E-state index in [1.165, 1.54) is 18.5 Å². The highest BCUT2D eigenvalue weighted by Gasteiger charge is 2.33. The Morgan fingerprint density at radius 3 is 2.66 bits per heavy atom. The third kappa shape index (κ3) is 4.58. The number of piperidine rings is 1. The molecule has 2 fully saturated rings. The molecular weight excluding hydrogens is 364 g/mol. The van der Waals surface area contributed by atoms with Crippen molar-refractivity contribution in [3.05, 3.63) is 29.6 Å². The molecule has 160 valence electrons. The summed E-state index contributed by atoms with van der Waals surface area (Å²) in [6.45, 7) is 6.85. The molecule has 4 rings (SSSR count). The predicted molar refractivity (Wildman–Crippen MR) is 114 cm³/mol. The summed E-state index contributed by atoms with van der Waals surface area (Å²) in [6, 6.07) is 0.294. The summed E-state index contributed by atoms with van der Waals surface area (Å²) in [7, 11) is 0. The van der Waals surface area contributed by atoms with Crippen molar-refractivity contribution in [1.29, 1.82) is 0 Å². The molecule has 2 N–H and O–H groups in total. The number of likely N-dealkylation sites (tertiary alicyclic amines) is 1. The van der Waals surface area contributed by atoms with Crippen LogP contribution in [-0.4, -0.2) is 57.0 Å². The van der Waals surface area contributed by atoms with Crippen molar-refractivity contribution < 1.29 is 9.90 Å². The largest absolute Gasteiger partial charge is 0.389 e. The van der Waals surface area contributed by atoms with E-state index in [4.69, 9.17) is 5.10 Å². The maximum Gasteiger partial charge on any atom is 0.274 e. The SMILES string of the molecule is C=CCn1nc(C(=O)N2CCCCC2)c2c1CC[C@@H](NCC1(O)CCCCC1)C2. The molecule has 6 heteroatoms. The molecular formula is C23H36N4O2. The first-order valence-corrected chi connectivity index (χ1v) is 11.5. The number of hydrogen-bond acceptors (Lipinski definition) is 4. The molecule has 0 unspecified atom stereocenters. The highest BCUT2D eigenvalue weighted by Crippen LogP contribution is 2.30. The van der Waals surface area contributed by atoms with E-state index in [1.807, 2.05) is 15.7 Å². The van der Waals surface area contributed by atoms with E-state index < -0.39 is 5.60 Å². The van der Waals surface area contributed by atoms with E-state index in [0.717, 1.165) is 76.4 Å². The molecule has 6 nitrogen and oxygen atoms in total. The lowest BCUT2D eigenvalue weighted by Crippen LogP contribution is -2.47. The number of rotatable bonds is 6. The van der Waals surface area contributed by atoms with Crippen LogP contribution in [0.2, 0.25) is 0 Å². The molecule has 1 saturated carbocycles. The van der Waals surface area contributed by atoms with Crippen LogP contribution in [0.4, 0.5) is 0 Å². The molecule has 1 aromatic rings. The van der Waals surface area contributed by atoms with Gasteiger partial charge >= 0.3 is 0 Å². The van der Waals surface area contributed by atoms with Crippen molar-refractivity contribution in [1.82, 2.24) is 20.0 Å². The first kappa shape index (κ1) is 20.6. The van der Waals surface area contributed by atoms with Gasteiger partial charge in [0.05, 0.1) is 12.1 Å². The number of nitrogens with zero attached hydrogens (tertiary/aromatic N) is 3. The van der Waals surface area contributed by atoms with Crippen LogP contribution in [0.5, 0.6) is 0 Å². The van der Waals surface area contributed by atoms with Crippen LogP contribution < -0.4 is 5.32 Å². The second kappa shape index (κ2) is 9.00. The average Bonchev–Trinajstić information content (AvgIpc) is 3.11. The summed E-state index contributed by atoms with van der Waals surface area (Å²) in [6.07, 6.45) is 13.3. The van der Waals surface area contributed by atoms with E-state index in [0.29, 0.717) is 24.8 Å². The van der Waals surface area contributed by atoms with E-state index in [2.05, 4.69) is 11.9 Å². The number of aromatic nitrogens is 2. The maximum absolute atomic E-state index is 13.2. The zero-order valence-corrected chi connectivity index (χ0v) is 17.7. The topological polar surface area (TPSA) is 70.4 Å². The average molecular weight is 401 g/mol. The van der Waals surface area contributed by atoms with Crippen molar-refractivity contribution in [2.24, 2.45) is 0 Å². The molecule has 29 heavy (non-hydrogen) atoms. The molecule has 1 aliphatic heterocycles. The Morgan fingerprint density at radius 1 is 1.21 bits per heavy atom.